The van der Waals surface area contributed by atoms with Crippen molar-refractivity contribution in [2.45, 2.75) is 13.0 Å². The van der Waals surface area contributed by atoms with Gasteiger partial charge in [-0.15, -0.1) is 0 Å². The summed E-state index contributed by atoms with van der Waals surface area (Å²) in [6.07, 6.45) is 3.60. The summed E-state index contributed by atoms with van der Waals surface area (Å²) in [5.41, 5.74) is 3.27. The Bertz CT molecular complexity index is 599. The number of pyridine rings is 1. The Morgan fingerprint density at radius 2 is 2.00 bits per heavy atom. The Morgan fingerprint density at radius 3 is 2.65 bits per heavy atom. The van der Waals surface area contributed by atoms with Gasteiger partial charge in [-0.2, -0.15) is 0 Å². The van der Waals surface area contributed by atoms with Crippen LogP contribution in [0.15, 0.2) is 48.8 Å². The molecule has 1 aromatic heterocycles. The van der Waals surface area contributed by atoms with E-state index in [1.54, 1.807) is 13.3 Å². The van der Waals surface area contributed by atoms with E-state index < -0.39 is 0 Å². The van der Waals surface area contributed by atoms with E-state index in [-0.39, 0.29) is 11.9 Å². The number of aromatic nitrogens is 1. The zero-order valence-corrected chi connectivity index (χ0v) is 13.6. The van der Waals surface area contributed by atoms with Crippen LogP contribution in [0.2, 0.25) is 0 Å². The number of hydrogen-bond acceptors (Lipinski definition) is 4. The van der Waals surface area contributed by atoms with Crippen LogP contribution in [0.25, 0.3) is 11.1 Å². The molecule has 0 radical (unpaired) electrons. The van der Waals surface area contributed by atoms with Gasteiger partial charge in [-0.05, 0) is 29.7 Å². The summed E-state index contributed by atoms with van der Waals surface area (Å²) in [5, 5.41) is 6.01. The first-order valence-corrected chi connectivity index (χ1v) is 7.70. The zero-order valence-electron chi connectivity index (χ0n) is 13.6. The number of amides is 1. The summed E-state index contributed by atoms with van der Waals surface area (Å²) >= 11 is 0. The molecule has 1 heterocycles. The highest BCUT2D eigenvalue weighted by atomic mass is 16.5. The highest BCUT2D eigenvalue weighted by Crippen LogP contribution is 2.21. The molecule has 0 aliphatic carbocycles. The van der Waals surface area contributed by atoms with Crippen molar-refractivity contribution < 1.29 is 9.53 Å². The third kappa shape index (κ3) is 5.47. The summed E-state index contributed by atoms with van der Waals surface area (Å²) in [6.45, 7) is 3.53. The van der Waals surface area contributed by atoms with Gasteiger partial charge in [0.1, 0.15) is 0 Å². The number of nitrogens with zero attached hydrogens (tertiary/aromatic N) is 1. The molecule has 2 rings (SSSR count). The van der Waals surface area contributed by atoms with Crippen molar-refractivity contribution in [2.24, 2.45) is 0 Å². The maximum atomic E-state index is 11.9. The van der Waals surface area contributed by atoms with E-state index in [9.17, 15) is 4.79 Å². The van der Waals surface area contributed by atoms with Crippen LogP contribution < -0.4 is 10.6 Å². The third-order valence-electron chi connectivity index (χ3n) is 3.55. The lowest BCUT2D eigenvalue weighted by atomic mass is 10.0. The van der Waals surface area contributed by atoms with Crippen molar-refractivity contribution in [3.8, 4) is 11.1 Å². The Hall–Kier alpha value is -2.24. The molecule has 0 bridgehead atoms. The summed E-state index contributed by atoms with van der Waals surface area (Å²) in [5.74, 6) is -0.0232. The molecule has 0 saturated carbocycles. The molecule has 0 spiro atoms. The summed E-state index contributed by atoms with van der Waals surface area (Å²) in [6, 6.07) is 12.1. The van der Waals surface area contributed by atoms with Crippen molar-refractivity contribution in [3.63, 3.8) is 0 Å². The second-order valence-corrected chi connectivity index (χ2v) is 5.32. The van der Waals surface area contributed by atoms with Crippen LogP contribution in [0.5, 0.6) is 0 Å². The van der Waals surface area contributed by atoms with Gasteiger partial charge in [0, 0.05) is 26.0 Å². The van der Waals surface area contributed by atoms with Crippen molar-refractivity contribution in [2.75, 3.05) is 26.8 Å². The average molecular weight is 313 g/mol. The molecule has 1 atom stereocenters. The molecular weight excluding hydrogens is 290 g/mol. The standard InChI is InChI=1S/C18H23N3O2/c1-14(21-18(22)13-20-10-11-23-2)15-5-7-16(8-6-15)17-4-3-9-19-12-17/h3-9,12,14,20H,10-11,13H2,1-2H3,(H,21,22). The lowest BCUT2D eigenvalue weighted by Gasteiger charge is -2.15. The van der Waals surface area contributed by atoms with Crippen LogP contribution in [0.4, 0.5) is 0 Å². The van der Waals surface area contributed by atoms with Crippen LogP contribution in [0.1, 0.15) is 18.5 Å². The zero-order chi connectivity index (χ0) is 16.5. The van der Waals surface area contributed by atoms with Gasteiger partial charge in [-0.3, -0.25) is 9.78 Å². The van der Waals surface area contributed by atoms with Gasteiger partial charge >= 0.3 is 0 Å². The Labute approximate surface area is 137 Å². The van der Waals surface area contributed by atoms with Gasteiger partial charge in [0.25, 0.3) is 0 Å². The first-order valence-electron chi connectivity index (χ1n) is 7.70. The fraction of sp³-hybridized carbons (Fsp3) is 0.333. The fourth-order valence-electron chi connectivity index (χ4n) is 2.25. The molecule has 0 saturated heterocycles. The predicted octanol–water partition coefficient (Wildman–Crippen LogP) is 2.16. The molecule has 5 heteroatoms. The van der Waals surface area contributed by atoms with E-state index in [0.717, 1.165) is 16.7 Å². The van der Waals surface area contributed by atoms with Gasteiger partial charge in [0.2, 0.25) is 5.91 Å². The van der Waals surface area contributed by atoms with E-state index in [1.807, 2.05) is 49.5 Å². The van der Waals surface area contributed by atoms with E-state index >= 15 is 0 Å². The first kappa shape index (κ1) is 17.1. The van der Waals surface area contributed by atoms with Crippen LogP contribution >= 0.6 is 0 Å². The van der Waals surface area contributed by atoms with Crippen LogP contribution in [0.3, 0.4) is 0 Å². The van der Waals surface area contributed by atoms with E-state index in [4.69, 9.17) is 4.74 Å². The molecule has 1 aromatic carbocycles. The highest BCUT2D eigenvalue weighted by molar-refractivity contribution is 5.78. The number of carbonyl (C=O) groups is 1. The van der Waals surface area contributed by atoms with Crippen LogP contribution in [0, 0.1) is 0 Å². The number of rotatable bonds is 8. The lowest BCUT2D eigenvalue weighted by molar-refractivity contribution is -0.120. The van der Waals surface area contributed by atoms with Gasteiger partial charge in [0.15, 0.2) is 0 Å². The van der Waals surface area contributed by atoms with Gasteiger partial charge in [0.05, 0.1) is 19.2 Å². The van der Waals surface area contributed by atoms with Crippen molar-refractivity contribution >= 4 is 5.91 Å². The molecule has 2 N–H and O–H groups in total. The Kier molecular flexibility index (Phi) is 6.72. The lowest BCUT2D eigenvalue weighted by Crippen LogP contribution is -2.36. The summed E-state index contributed by atoms with van der Waals surface area (Å²) in [7, 11) is 1.64. The topological polar surface area (TPSA) is 63.2 Å². The number of methoxy groups -OCH3 is 1. The first-order chi connectivity index (χ1) is 11.2. The van der Waals surface area contributed by atoms with E-state index in [0.29, 0.717) is 19.7 Å². The number of benzene rings is 1. The summed E-state index contributed by atoms with van der Waals surface area (Å²) < 4.78 is 4.92. The minimum atomic E-state index is -0.0327. The molecule has 1 unspecified atom stereocenters. The average Bonchev–Trinajstić information content (AvgIpc) is 2.59. The second kappa shape index (κ2) is 9.02. The van der Waals surface area contributed by atoms with Gasteiger partial charge < -0.3 is 15.4 Å². The second-order valence-electron chi connectivity index (χ2n) is 5.32. The highest BCUT2D eigenvalue weighted by Gasteiger charge is 2.09. The minimum Gasteiger partial charge on any atom is -0.383 e. The predicted molar refractivity (Wildman–Crippen MR) is 91.0 cm³/mol. The minimum absolute atomic E-state index is 0.0232. The molecule has 122 valence electrons. The third-order valence-corrected chi connectivity index (χ3v) is 3.55. The Balaban J connectivity index is 1.87. The maximum absolute atomic E-state index is 11.9. The van der Waals surface area contributed by atoms with Crippen molar-refractivity contribution in [1.29, 1.82) is 0 Å². The molecule has 5 nitrogen and oxygen atoms in total. The molecule has 2 aromatic rings. The number of carbonyl (C=O) groups excluding carboxylic acids is 1. The monoisotopic (exact) mass is 313 g/mol. The van der Waals surface area contributed by atoms with E-state index in [1.165, 1.54) is 0 Å². The smallest absolute Gasteiger partial charge is 0.234 e. The largest absolute Gasteiger partial charge is 0.383 e. The number of nitrogens with one attached hydrogen (secondary N) is 2. The SMILES string of the molecule is COCCNCC(=O)NC(C)c1ccc(-c2cccnc2)cc1. The fourth-order valence-corrected chi connectivity index (χ4v) is 2.25. The number of hydrogen-bond donors (Lipinski definition) is 2. The van der Waals surface area contributed by atoms with Crippen LogP contribution in [-0.2, 0) is 9.53 Å². The van der Waals surface area contributed by atoms with Crippen LogP contribution in [-0.4, -0.2) is 37.7 Å². The Morgan fingerprint density at radius 1 is 1.22 bits per heavy atom. The number of ether oxygens (including phenoxy) is 1. The molecule has 0 aliphatic heterocycles. The molecule has 23 heavy (non-hydrogen) atoms. The molecule has 1 amide bonds. The molecule has 0 fully saturated rings. The van der Waals surface area contributed by atoms with Crippen molar-refractivity contribution in [3.05, 3.63) is 54.4 Å². The molecular formula is C18H23N3O2. The van der Waals surface area contributed by atoms with Gasteiger partial charge in [-0.25, -0.2) is 0 Å². The quantitative estimate of drug-likeness (QED) is 0.733. The van der Waals surface area contributed by atoms with Gasteiger partial charge in [-0.1, -0.05) is 30.3 Å². The van der Waals surface area contributed by atoms with E-state index in [2.05, 4.69) is 15.6 Å². The normalized spacial score (nSPS) is 11.9. The van der Waals surface area contributed by atoms with Crippen molar-refractivity contribution in [1.82, 2.24) is 15.6 Å². The summed E-state index contributed by atoms with van der Waals surface area (Å²) in [4.78, 5) is 16.0. The molecule has 0 aliphatic rings. The maximum Gasteiger partial charge on any atom is 0.234 e.